The molecule has 138 valence electrons. The van der Waals surface area contributed by atoms with Gasteiger partial charge in [0.1, 0.15) is 5.75 Å². The van der Waals surface area contributed by atoms with Gasteiger partial charge in [-0.05, 0) is 69.3 Å². The Morgan fingerprint density at radius 1 is 1.12 bits per heavy atom. The summed E-state index contributed by atoms with van der Waals surface area (Å²) in [6.07, 6.45) is 5.04. The number of thioether (sulfide) groups is 1. The number of carbonyl (C=O) groups excluding carboxylic acids is 1. The van der Waals surface area contributed by atoms with Gasteiger partial charge in [-0.3, -0.25) is 4.79 Å². The molecule has 0 spiro atoms. The molecule has 0 N–H and O–H groups in total. The molecule has 1 aromatic carbocycles. The Hall–Kier alpha value is -1.20. The van der Waals surface area contributed by atoms with Crippen molar-refractivity contribution in [3.63, 3.8) is 0 Å². The van der Waals surface area contributed by atoms with Gasteiger partial charge in [0.25, 0.3) is 5.91 Å². The Kier molecular flexibility index (Phi) is 7.05. The summed E-state index contributed by atoms with van der Waals surface area (Å²) in [6, 6.07) is 7.95. The predicted octanol–water partition coefficient (Wildman–Crippen LogP) is 3.52. The Bertz CT molecular complexity index is 543. The summed E-state index contributed by atoms with van der Waals surface area (Å²) >= 11 is 2.00. The van der Waals surface area contributed by atoms with Crippen LogP contribution >= 0.6 is 11.8 Å². The second-order valence-electron chi connectivity index (χ2n) is 6.90. The van der Waals surface area contributed by atoms with E-state index in [1.807, 2.05) is 43.0 Å². The normalized spacial score (nSPS) is 22.4. The van der Waals surface area contributed by atoms with E-state index in [1.165, 1.54) is 32.4 Å². The average Bonchev–Trinajstić information content (AvgIpc) is 2.88. The Morgan fingerprint density at radius 2 is 1.88 bits per heavy atom. The van der Waals surface area contributed by atoms with Crippen LogP contribution in [0, 0.1) is 0 Å². The number of amides is 1. The van der Waals surface area contributed by atoms with Crippen LogP contribution in [0.25, 0.3) is 0 Å². The number of nitrogens with zero attached hydrogens (tertiary/aromatic N) is 2. The number of carbonyl (C=O) groups is 1. The van der Waals surface area contributed by atoms with E-state index < -0.39 is 0 Å². The van der Waals surface area contributed by atoms with E-state index in [2.05, 4.69) is 9.80 Å². The number of piperidine rings is 1. The van der Waals surface area contributed by atoms with Gasteiger partial charge in [0.05, 0.1) is 12.6 Å². The number of hydrogen-bond acceptors (Lipinski definition) is 4. The Morgan fingerprint density at radius 3 is 2.60 bits per heavy atom. The molecule has 25 heavy (non-hydrogen) atoms. The van der Waals surface area contributed by atoms with Gasteiger partial charge < -0.3 is 14.5 Å². The highest BCUT2D eigenvalue weighted by atomic mass is 32.2. The molecular weight excluding hydrogens is 332 g/mol. The highest BCUT2D eigenvalue weighted by Crippen LogP contribution is 2.22. The van der Waals surface area contributed by atoms with Gasteiger partial charge in [0.2, 0.25) is 0 Å². The molecule has 3 rings (SSSR count). The van der Waals surface area contributed by atoms with Crippen molar-refractivity contribution in [3.05, 3.63) is 29.8 Å². The summed E-state index contributed by atoms with van der Waals surface area (Å²) in [4.78, 5) is 17.8. The monoisotopic (exact) mass is 362 g/mol. The van der Waals surface area contributed by atoms with Crippen LogP contribution in [0.2, 0.25) is 0 Å². The fourth-order valence-electron chi connectivity index (χ4n) is 3.71. The lowest BCUT2D eigenvalue weighted by Crippen LogP contribution is -2.49. The topological polar surface area (TPSA) is 32.8 Å². The van der Waals surface area contributed by atoms with Crippen molar-refractivity contribution < 1.29 is 9.53 Å². The van der Waals surface area contributed by atoms with Crippen LogP contribution in [-0.2, 0) is 0 Å². The number of benzene rings is 1. The van der Waals surface area contributed by atoms with Gasteiger partial charge >= 0.3 is 0 Å². The molecule has 0 radical (unpaired) electrons. The molecule has 1 amide bonds. The fraction of sp³-hybridized carbons (Fsp3) is 0.650. The minimum absolute atomic E-state index is 0.174. The van der Waals surface area contributed by atoms with E-state index in [1.54, 1.807) is 0 Å². The van der Waals surface area contributed by atoms with Crippen molar-refractivity contribution in [2.45, 2.75) is 38.6 Å². The van der Waals surface area contributed by atoms with Crippen molar-refractivity contribution in [1.29, 1.82) is 0 Å². The van der Waals surface area contributed by atoms with Crippen LogP contribution in [0.3, 0.4) is 0 Å². The zero-order valence-electron chi connectivity index (χ0n) is 15.3. The first-order valence-corrected chi connectivity index (χ1v) is 10.8. The van der Waals surface area contributed by atoms with Crippen LogP contribution in [-0.4, -0.2) is 66.0 Å². The van der Waals surface area contributed by atoms with Crippen molar-refractivity contribution in [2.75, 3.05) is 44.3 Å². The SMILES string of the molecule is CCOc1ccc(C(=O)N2CCCSCC2CN2CCCCC2)cc1. The summed E-state index contributed by atoms with van der Waals surface area (Å²) in [7, 11) is 0. The molecule has 2 aliphatic heterocycles. The summed E-state index contributed by atoms with van der Waals surface area (Å²) in [5.41, 5.74) is 0.777. The van der Waals surface area contributed by atoms with Gasteiger partial charge in [0, 0.05) is 24.4 Å². The maximum absolute atomic E-state index is 13.1. The molecule has 2 fully saturated rings. The quantitative estimate of drug-likeness (QED) is 0.802. The summed E-state index contributed by atoms with van der Waals surface area (Å²) in [5, 5.41) is 0. The first-order chi connectivity index (χ1) is 12.3. The molecule has 0 aliphatic carbocycles. The predicted molar refractivity (Wildman–Crippen MR) is 105 cm³/mol. The van der Waals surface area contributed by atoms with E-state index in [9.17, 15) is 4.79 Å². The van der Waals surface area contributed by atoms with Crippen molar-refractivity contribution in [1.82, 2.24) is 9.80 Å². The lowest BCUT2D eigenvalue weighted by atomic mass is 10.1. The number of likely N-dealkylation sites (tertiary alicyclic amines) is 1. The van der Waals surface area contributed by atoms with E-state index >= 15 is 0 Å². The lowest BCUT2D eigenvalue weighted by molar-refractivity contribution is 0.0645. The second-order valence-corrected chi connectivity index (χ2v) is 8.05. The maximum atomic E-state index is 13.1. The Balaban J connectivity index is 1.69. The molecule has 2 saturated heterocycles. The van der Waals surface area contributed by atoms with E-state index in [4.69, 9.17) is 4.74 Å². The first-order valence-electron chi connectivity index (χ1n) is 9.62. The minimum Gasteiger partial charge on any atom is -0.494 e. The smallest absolute Gasteiger partial charge is 0.254 e. The van der Waals surface area contributed by atoms with Gasteiger partial charge in [-0.2, -0.15) is 11.8 Å². The molecule has 0 bridgehead atoms. The van der Waals surface area contributed by atoms with Crippen LogP contribution in [0.1, 0.15) is 43.0 Å². The van der Waals surface area contributed by atoms with Crippen LogP contribution in [0.5, 0.6) is 5.75 Å². The third-order valence-electron chi connectivity index (χ3n) is 5.03. The molecular formula is C20H30N2O2S. The molecule has 0 aromatic heterocycles. The lowest BCUT2D eigenvalue weighted by Gasteiger charge is -2.35. The van der Waals surface area contributed by atoms with Crippen molar-refractivity contribution >= 4 is 17.7 Å². The van der Waals surface area contributed by atoms with Crippen LogP contribution in [0.15, 0.2) is 24.3 Å². The third-order valence-corrected chi connectivity index (χ3v) is 6.23. The van der Waals surface area contributed by atoms with Gasteiger partial charge in [-0.1, -0.05) is 6.42 Å². The van der Waals surface area contributed by atoms with E-state index in [0.29, 0.717) is 12.6 Å². The maximum Gasteiger partial charge on any atom is 0.254 e. The molecule has 2 heterocycles. The van der Waals surface area contributed by atoms with E-state index in [0.717, 1.165) is 42.3 Å². The first kappa shape index (κ1) is 18.6. The standard InChI is InChI=1S/C20H30N2O2S/c1-2-24-19-9-7-17(8-10-19)20(23)22-13-6-14-25-16-18(22)15-21-11-4-3-5-12-21/h7-10,18H,2-6,11-16H2,1H3. The average molecular weight is 363 g/mol. The largest absolute Gasteiger partial charge is 0.494 e. The van der Waals surface area contributed by atoms with Gasteiger partial charge in [0.15, 0.2) is 0 Å². The van der Waals surface area contributed by atoms with E-state index in [-0.39, 0.29) is 5.91 Å². The molecule has 1 aromatic rings. The van der Waals surface area contributed by atoms with Crippen molar-refractivity contribution in [3.8, 4) is 5.75 Å². The Labute approximate surface area is 155 Å². The molecule has 1 unspecified atom stereocenters. The minimum atomic E-state index is 0.174. The third kappa shape index (κ3) is 5.14. The van der Waals surface area contributed by atoms with Gasteiger partial charge in [-0.25, -0.2) is 0 Å². The van der Waals surface area contributed by atoms with Crippen molar-refractivity contribution in [2.24, 2.45) is 0 Å². The molecule has 0 saturated carbocycles. The fourth-order valence-corrected chi connectivity index (χ4v) is 4.77. The molecule has 1 atom stereocenters. The highest BCUT2D eigenvalue weighted by molar-refractivity contribution is 7.99. The van der Waals surface area contributed by atoms with Crippen LogP contribution in [0.4, 0.5) is 0 Å². The van der Waals surface area contributed by atoms with Gasteiger partial charge in [-0.15, -0.1) is 0 Å². The number of ether oxygens (including phenoxy) is 1. The van der Waals surface area contributed by atoms with Crippen LogP contribution < -0.4 is 4.74 Å². The highest BCUT2D eigenvalue weighted by Gasteiger charge is 2.28. The molecule has 5 heteroatoms. The molecule has 2 aliphatic rings. The summed E-state index contributed by atoms with van der Waals surface area (Å²) < 4.78 is 5.49. The summed E-state index contributed by atoms with van der Waals surface area (Å²) in [5.74, 6) is 3.21. The zero-order chi connectivity index (χ0) is 17.5. The second kappa shape index (κ2) is 9.48. The zero-order valence-corrected chi connectivity index (χ0v) is 16.1. The number of hydrogen-bond donors (Lipinski definition) is 0. The molecule has 4 nitrogen and oxygen atoms in total. The number of rotatable bonds is 5. The summed E-state index contributed by atoms with van der Waals surface area (Å²) in [6.45, 7) is 6.89.